The number of benzene rings is 3. The lowest BCUT2D eigenvalue weighted by Gasteiger charge is -2.30. The molecule has 2 saturated heterocycles. The number of H-pyrrole nitrogens is 2. The molecule has 6 heterocycles. The summed E-state index contributed by atoms with van der Waals surface area (Å²) in [7, 11) is 2.57. The second-order valence-electron chi connectivity index (χ2n) is 18.2. The number of rotatable bonds is 14. The highest BCUT2D eigenvalue weighted by Gasteiger charge is 2.39. The van der Waals surface area contributed by atoms with Gasteiger partial charge in [0.1, 0.15) is 35.1 Å². The summed E-state index contributed by atoms with van der Waals surface area (Å²) in [5.74, 6) is 0.866. The van der Waals surface area contributed by atoms with Crippen LogP contribution in [0.1, 0.15) is 77.1 Å². The molecule has 20 heteroatoms. The van der Waals surface area contributed by atoms with E-state index in [0.717, 1.165) is 70.7 Å². The molecule has 9 rings (SSSR count). The van der Waals surface area contributed by atoms with Crippen molar-refractivity contribution in [3.63, 3.8) is 0 Å². The van der Waals surface area contributed by atoms with E-state index in [0.29, 0.717) is 36.1 Å². The van der Waals surface area contributed by atoms with Gasteiger partial charge in [-0.15, -0.1) is 10.2 Å². The summed E-state index contributed by atoms with van der Waals surface area (Å²) in [4.78, 5) is 70.9. The first kappa shape index (κ1) is 46.9. The van der Waals surface area contributed by atoms with Crippen LogP contribution >= 0.6 is 0 Å². The van der Waals surface area contributed by atoms with E-state index < -0.39 is 24.3 Å². The van der Waals surface area contributed by atoms with Crippen molar-refractivity contribution in [3.8, 4) is 56.4 Å². The number of ether oxygens (including phenoxy) is 2. The molecule has 4 aromatic heterocycles. The van der Waals surface area contributed by atoms with E-state index in [1.165, 1.54) is 14.2 Å². The minimum absolute atomic E-state index is 0.117. The van der Waals surface area contributed by atoms with Crippen LogP contribution in [0.15, 0.2) is 97.6 Å². The van der Waals surface area contributed by atoms with Gasteiger partial charge in [0.25, 0.3) is 0 Å². The monoisotopic (exact) mass is 948 g/mol. The number of nitrogens with one attached hydrogen (secondary N) is 4. The first-order valence-electron chi connectivity index (χ1n) is 23.5. The summed E-state index contributed by atoms with van der Waals surface area (Å²) in [6, 6.07) is 21.9. The van der Waals surface area contributed by atoms with Gasteiger partial charge in [-0.05, 0) is 72.9 Å². The van der Waals surface area contributed by atoms with Crippen molar-refractivity contribution in [1.82, 2.24) is 70.4 Å². The molecular formula is C50H56N14O6. The molecule has 4 atom stereocenters. The van der Waals surface area contributed by atoms with Gasteiger partial charge in [-0.25, -0.2) is 28.9 Å². The van der Waals surface area contributed by atoms with Gasteiger partial charge >= 0.3 is 12.2 Å². The van der Waals surface area contributed by atoms with Crippen LogP contribution in [0.4, 0.5) is 9.59 Å². The Kier molecular flexibility index (Phi) is 13.5. The zero-order valence-electron chi connectivity index (χ0n) is 39.9. The number of hydrogen-bond acceptors (Lipinski definition) is 12. The van der Waals surface area contributed by atoms with Crippen LogP contribution in [0.5, 0.6) is 0 Å². The van der Waals surface area contributed by atoms with E-state index in [1.54, 1.807) is 31.6 Å². The quantitative estimate of drug-likeness (QED) is 0.0859. The van der Waals surface area contributed by atoms with E-state index in [4.69, 9.17) is 9.47 Å². The molecule has 7 aromatic rings. The molecule has 0 radical (unpaired) electrons. The maximum atomic E-state index is 13.6. The van der Waals surface area contributed by atoms with Crippen molar-refractivity contribution in [1.29, 1.82) is 0 Å². The number of methoxy groups -OCH3 is 2. The topological polar surface area (TPSA) is 236 Å². The number of amides is 4. The van der Waals surface area contributed by atoms with Crippen molar-refractivity contribution in [2.24, 2.45) is 11.8 Å². The smallest absolute Gasteiger partial charge is 0.407 e. The van der Waals surface area contributed by atoms with Gasteiger partial charge in [0.2, 0.25) is 11.8 Å². The number of hydrogen-bond donors (Lipinski definition) is 4. The number of nitrogens with zero attached hydrogens (tertiary/aromatic N) is 10. The SMILES string of the molecule is COC(=O)N[C@H](C(=O)N1CCC[C@H]1c1ncc(-c2ccc(-c3cn(-c4ccc(-c5cn(-c6ccc(-c7cnc([C@@H]8CCCN8C(=O)[C@@H](NC(=O)OC)C(C)C)[nH]7)cc6)nn5)cc4)nn3)cc2)[nH]1)C(C)C. The van der Waals surface area contributed by atoms with E-state index in [9.17, 15) is 19.2 Å². The number of carbonyl (C=O) groups is 4. The van der Waals surface area contributed by atoms with Gasteiger partial charge in [0, 0.05) is 24.2 Å². The van der Waals surface area contributed by atoms with Crippen molar-refractivity contribution < 1.29 is 28.7 Å². The van der Waals surface area contributed by atoms with Crippen LogP contribution in [-0.4, -0.2) is 123 Å². The number of imidazole rings is 2. The summed E-state index contributed by atoms with van der Waals surface area (Å²) in [5.41, 5.74) is 8.37. The molecule has 0 spiro atoms. The summed E-state index contributed by atoms with van der Waals surface area (Å²) >= 11 is 0. The Balaban J connectivity index is 0.810. The van der Waals surface area contributed by atoms with Crippen LogP contribution < -0.4 is 10.6 Å². The van der Waals surface area contributed by atoms with Crippen LogP contribution in [0.3, 0.4) is 0 Å². The first-order valence-corrected chi connectivity index (χ1v) is 23.5. The molecule has 20 nitrogen and oxygen atoms in total. The van der Waals surface area contributed by atoms with Crippen LogP contribution in [0.2, 0.25) is 0 Å². The highest BCUT2D eigenvalue weighted by molar-refractivity contribution is 5.87. The van der Waals surface area contributed by atoms with E-state index in [-0.39, 0.29) is 35.7 Å². The average molecular weight is 949 g/mol. The molecule has 0 bridgehead atoms. The van der Waals surface area contributed by atoms with Gasteiger partial charge in [-0.3, -0.25) is 9.59 Å². The number of alkyl carbamates (subject to hydrolysis) is 2. The van der Waals surface area contributed by atoms with Crippen molar-refractivity contribution in [2.45, 2.75) is 77.5 Å². The minimum atomic E-state index is -0.702. The van der Waals surface area contributed by atoms with Gasteiger partial charge in [-0.1, -0.05) is 86.7 Å². The zero-order chi connectivity index (χ0) is 49.1. The number of aromatic nitrogens is 10. The van der Waals surface area contributed by atoms with E-state index >= 15 is 0 Å². The van der Waals surface area contributed by atoms with Gasteiger partial charge < -0.3 is 39.9 Å². The van der Waals surface area contributed by atoms with Crippen molar-refractivity contribution in [2.75, 3.05) is 27.3 Å². The Labute approximate surface area is 404 Å². The molecule has 0 saturated carbocycles. The predicted molar refractivity (Wildman–Crippen MR) is 258 cm³/mol. The summed E-state index contributed by atoms with van der Waals surface area (Å²) in [5, 5.41) is 23.1. The van der Waals surface area contributed by atoms with Crippen LogP contribution in [0.25, 0.3) is 56.4 Å². The maximum Gasteiger partial charge on any atom is 0.407 e. The lowest BCUT2D eigenvalue weighted by atomic mass is 10.0. The third-order valence-corrected chi connectivity index (χ3v) is 13.0. The summed E-state index contributed by atoms with van der Waals surface area (Å²) in [6.07, 6.45) is 9.26. The van der Waals surface area contributed by atoms with E-state index in [2.05, 4.69) is 51.2 Å². The fourth-order valence-electron chi connectivity index (χ4n) is 9.13. The highest BCUT2D eigenvalue weighted by Crippen LogP contribution is 2.35. The molecular weight excluding hydrogens is 893 g/mol. The lowest BCUT2D eigenvalue weighted by Crippen LogP contribution is -2.51. The zero-order valence-corrected chi connectivity index (χ0v) is 39.9. The molecule has 2 aliphatic rings. The van der Waals surface area contributed by atoms with Gasteiger partial charge in [0.05, 0.1) is 73.9 Å². The van der Waals surface area contributed by atoms with Crippen molar-refractivity contribution >= 4 is 24.0 Å². The van der Waals surface area contributed by atoms with Crippen LogP contribution in [0, 0.1) is 11.8 Å². The summed E-state index contributed by atoms with van der Waals surface area (Å²) < 4.78 is 13.0. The molecule has 3 aromatic carbocycles. The fourth-order valence-corrected chi connectivity index (χ4v) is 9.13. The molecule has 4 N–H and O–H groups in total. The Morgan fingerprint density at radius 1 is 0.571 bits per heavy atom. The standard InChI is InChI=1S/C50H56N14O6/c1-29(2)43(55-49(67)69-5)47(65)61-23-7-9-41(61)45-51-25-37(53-45)31-11-13-33(14-12-31)39-27-63(59-57-39)36-21-17-34(18-22-36)40-28-64(60-58-40)35-19-15-32(16-20-35)38-26-52-46(54-38)42-10-8-24-62(42)48(66)44(30(3)4)56-50(68)70-6/h11-22,25-30,41-44H,7-10,23-24H2,1-6H3,(H,51,53)(H,52,54)(H,55,67)(H,56,68)/t41-,42-,43-,44-/m0/s1. The van der Waals surface area contributed by atoms with Crippen LogP contribution in [-0.2, 0) is 19.1 Å². The number of carbonyl (C=O) groups excluding carboxylic acids is 4. The Morgan fingerprint density at radius 2 is 0.943 bits per heavy atom. The second kappa shape index (κ2) is 20.2. The molecule has 0 aliphatic carbocycles. The predicted octanol–water partition coefficient (Wildman–Crippen LogP) is 7.05. The molecule has 2 aliphatic heterocycles. The van der Waals surface area contributed by atoms with Gasteiger partial charge in [0.15, 0.2) is 0 Å². The highest BCUT2D eigenvalue weighted by atomic mass is 16.5. The minimum Gasteiger partial charge on any atom is -0.453 e. The Morgan fingerprint density at radius 3 is 1.33 bits per heavy atom. The maximum absolute atomic E-state index is 13.6. The molecule has 0 unspecified atom stereocenters. The fraction of sp³-hybridized carbons (Fsp3) is 0.360. The number of aromatic amines is 2. The van der Waals surface area contributed by atoms with E-state index in [1.807, 2.05) is 113 Å². The first-order chi connectivity index (χ1) is 33.9. The number of likely N-dealkylation sites (tertiary alicyclic amines) is 2. The van der Waals surface area contributed by atoms with Gasteiger partial charge in [-0.2, -0.15) is 0 Å². The largest absolute Gasteiger partial charge is 0.453 e. The Hall–Kier alpha value is -8.16. The second-order valence-corrected chi connectivity index (χ2v) is 18.2. The third-order valence-electron chi connectivity index (χ3n) is 13.0. The molecule has 4 amide bonds. The summed E-state index contributed by atoms with van der Waals surface area (Å²) in [6.45, 7) is 8.74. The third kappa shape index (κ3) is 9.74. The normalized spacial score (nSPS) is 16.7. The molecule has 2 fully saturated rings. The lowest BCUT2D eigenvalue weighted by molar-refractivity contribution is -0.136. The Bertz CT molecular complexity index is 2760. The van der Waals surface area contributed by atoms with Crippen molar-refractivity contribution in [3.05, 3.63) is 109 Å². The molecule has 70 heavy (non-hydrogen) atoms. The average Bonchev–Trinajstić information content (AvgIpc) is 4.24. The molecule has 362 valence electrons.